The van der Waals surface area contributed by atoms with Crippen molar-refractivity contribution in [1.29, 1.82) is 0 Å². The van der Waals surface area contributed by atoms with Crippen molar-refractivity contribution < 1.29 is 4.79 Å². The van der Waals surface area contributed by atoms with Crippen molar-refractivity contribution in [1.82, 2.24) is 10.3 Å². The topological polar surface area (TPSA) is 96.9 Å². The molecule has 0 fully saturated rings. The first-order valence-electron chi connectivity index (χ1n) is 11.0. The second-order valence-corrected chi connectivity index (χ2v) is 11.6. The van der Waals surface area contributed by atoms with Crippen LogP contribution in [0.25, 0.3) is 10.9 Å². The fourth-order valence-electron chi connectivity index (χ4n) is 3.87. The molecule has 1 aromatic heterocycles. The highest BCUT2D eigenvalue weighted by Gasteiger charge is 2.30. The maximum atomic E-state index is 12.5. The van der Waals surface area contributed by atoms with Gasteiger partial charge in [0.1, 0.15) is 0 Å². The van der Waals surface area contributed by atoms with Crippen molar-refractivity contribution in [2.45, 2.75) is 91.0 Å². The first-order chi connectivity index (χ1) is 13.6. The maximum absolute atomic E-state index is 12.5. The van der Waals surface area contributed by atoms with Crippen LogP contribution in [-0.2, 0) is 27.5 Å². The fourth-order valence-corrected chi connectivity index (χ4v) is 3.87. The zero-order valence-electron chi connectivity index (χ0n) is 20.4. The van der Waals surface area contributed by atoms with Crippen molar-refractivity contribution in [3.05, 3.63) is 34.5 Å². The molecule has 1 heterocycles. The van der Waals surface area contributed by atoms with Gasteiger partial charge >= 0.3 is 0 Å². The molecular weight excluding hydrogens is 372 g/mol. The molecular formula is C25H42N4O. The Bertz CT molecular complexity index is 904. The summed E-state index contributed by atoms with van der Waals surface area (Å²) in [5.41, 5.74) is 17.8. The quantitative estimate of drug-likeness (QED) is 0.595. The van der Waals surface area contributed by atoms with Gasteiger partial charge in [0.15, 0.2) is 0 Å². The highest BCUT2D eigenvalue weighted by Crippen LogP contribution is 2.40. The van der Waals surface area contributed by atoms with Crippen molar-refractivity contribution >= 4 is 16.8 Å². The molecule has 1 atom stereocenters. The average molecular weight is 415 g/mol. The van der Waals surface area contributed by atoms with Gasteiger partial charge in [0, 0.05) is 35.1 Å². The summed E-state index contributed by atoms with van der Waals surface area (Å²) in [5.74, 6) is -0.155. The zero-order chi connectivity index (χ0) is 23.1. The summed E-state index contributed by atoms with van der Waals surface area (Å²) in [4.78, 5) is 16.2. The fraction of sp³-hybridized carbons (Fsp3) is 0.640. The first-order valence-corrected chi connectivity index (χ1v) is 11.0. The number of fused-ring (bicyclic) bond motifs is 1. The van der Waals surface area contributed by atoms with Gasteiger partial charge in [-0.1, -0.05) is 68.4 Å². The summed E-state index contributed by atoms with van der Waals surface area (Å²) in [5, 5.41) is 4.00. The van der Waals surface area contributed by atoms with E-state index >= 15 is 0 Å². The van der Waals surface area contributed by atoms with E-state index in [-0.39, 0.29) is 22.2 Å². The Morgan fingerprint density at radius 2 is 1.60 bits per heavy atom. The number of rotatable bonds is 5. The minimum absolute atomic E-state index is 0.0165. The molecule has 0 saturated heterocycles. The first kappa shape index (κ1) is 24.4. The van der Waals surface area contributed by atoms with E-state index in [9.17, 15) is 4.79 Å². The van der Waals surface area contributed by atoms with Crippen LogP contribution < -0.4 is 16.8 Å². The van der Waals surface area contributed by atoms with E-state index in [1.165, 1.54) is 16.5 Å². The van der Waals surface area contributed by atoms with Gasteiger partial charge in [0.05, 0.1) is 6.04 Å². The molecule has 1 amide bonds. The lowest BCUT2D eigenvalue weighted by Gasteiger charge is -2.26. The van der Waals surface area contributed by atoms with Gasteiger partial charge in [-0.05, 0) is 40.0 Å². The Balaban J connectivity index is 2.76. The van der Waals surface area contributed by atoms with Gasteiger partial charge < -0.3 is 21.8 Å². The highest BCUT2D eigenvalue weighted by molar-refractivity contribution is 5.91. The molecule has 0 aliphatic carbocycles. The maximum Gasteiger partial charge on any atom is 0.237 e. The Kier molecular flexibility index (Phi) is 6.80. The average Bonchev–Trinajstić information content (AvgIpc) is 2.95. The Labute approximate surface area is 182 Å². The molecule has 2 aromatic rings. The third-order valence-electron chi connectivity index (χ3n) is 5.64. The van der Waals surface area contributed by atoms with Gasteiger partial charge in [0.25, 0.3) is 0 Å². The van der Waals surface area contributed by atoms with E-state index in [0.717, 1.165) is 16.8 Å². The molecule has 0 radical (unpaired) electrons. The molecule has 0 spiro atoms. The SMILES string of the molecule is CC(C)(C)c1cc(C(C)(C)C)c2[nH]c(C(C)(C)C)c(C[C@H](N)C(=O)NCCN)c2c1. The standard InChI is InChI=1S/C25H42N4O/c1-23(2,3)15-12-16-17(14-19(27)22(30)28-11-10-26)21(25(7,8)9)29-20(16)18(13-15)24(4,5)6/h12-13,19,29H,10-11,14,26-27H2,1-9H3,(H,28,30)/t19-/m0/s1. The van der Waals surface area contributed by atoms with Crippen LogP contribution in [0.4, 0.5) is 0 Å². The van der Waals surface area contributed by atoms with Gasteiger partial charge in [-0.3, -0.25) is 4.79 Å². The highest BCUT2D eigenvalue weighted by atomic mass is 16.2. The molecule has 0 aliphatic rings. The van der Waals surface area contributed by atoms with Crippen LogP contribution in [0.1, 0.15) is 84.7 Å². The molecule has 168 valence electrons. The minimum atomic E-state index is -0.618. The Hall–Kier alpha value is -1.85. The number of hydrogen-bond acceptors (Lipinski definition) is 3. The van der Waals surface area contributed by atoms with E-state index in [1.807, 2.05) is 0 Å². The number of hydrogen-bond donors (Lipinski definition) is 4. The van der Waals surface area contributed by atoms with Crippen molar-refractivity contribution in [2.24, 2.45) is 11.5 Å². The van der Waals surface area contributed by atoms with Crippen LogP contribution in [0.2, 0.25) is 0 Å². The van der Waals surface area contributed by atoms with Gasteiger partial charge in [-0.2, -0.15) is 0 Å². The number of nitrogens with two attached hydrogens (primary N) is 2. The normalized spacial score (nSPS) is 14.2. The van der Waals surface area contributed by atoms with Crippen LogP contribution in [0.3, 0.4) is 0 Å². The zero-order valence-corrected chi connectivity index (χ0v) is 20.4. The lowest BCUT2D eigenvalue weighted by molar-refractivity contribution is -0.122. The van der Waals surface area contributed by atoms with E-state index in [4.69, 9.17) is 11.5 Å². The lowest BCUT2D eigenvalue weighted by Crippen LogP contribution is -2.43. The van der Waals surface area contributed by atoms with Crippen LogP contribution in [-0.4, -0.2) is 30.0 Å². The number of carbonyl (C=O) groups excluding carboxylic acids is 1. The molecule has 0 unspecified atom stereocenters. The van der Waals surface area contributed by atoms with Gasteiger partial charge in [0.2, 0.25) is 5.91 Å². The third kappa shape index (κ3) is 5.25. The summed E-state index contributed by atoms with van der Waals surface area (Å²) < 4.78 is 0. The third-order valence-corrected chi connectivity index (χ3v) is 5.64. The largest absolute Gasteiger partial charge is 0.357 e. The second-order valence-electron chi connectivity index (χ2n) is 11.6. The molecule has 0 bridgehead atoms. The summed E-state index contributed by atoms with van der Waals surface area (Å²) in [6, 6.07) is 4.01. The smallest absolute Gasteiger partial charge is 0.237 e. The summed E-state index contributed by atoms with van der Waals surface area (Å²) >= 11 is 0. The van der Waals surface area contributed by atoms with Crippen molar-refractivity contribution in [3.8, 4) is 0 Å². The molecule has 2 rings (SSSR count). The number of aromatic amines is 1. The Morgan fingerprint density at radius 1 is 1.00 bits per heavy atom. The molecule has 30 heavy (non-hydrogen) atoms. The predicted molar refractivity (Wildman–Crippen MR) is 128 cm³/mol. The van der Waals surface area contributed by atoms with Crippen LogP contribution >= 0.6 is 0 Å². The van der Waals surface area contributed by atoms with Crippen LogP contribution in [0, 0.1) is 0 Å². The number of carbonyl (C=O) groups is 1. The molecule has 1 aromatic carbocycles. The number of aromatic nitrogens is 1. The van der Waals surface area contributed by atoms with Crippen molar-refractivity contribution in [2.75, 3.05) is 13.1 Å². The number of benzene rings is 1. The molecule has 0 saturated carbocycles. The van der Waals surface area contributed by atoms with Crippen LogP contribution in [0.5, 0.6) is 0 Å². The number of amides is 1. The monoisotopic (exact) mass is 414 g/mol. The summed E-state index contributed by atoms with van der Waals surface area (Å²) in [6.45, 7) is 20.9. The predicted octanol–water partition coefficient (Wildman–Crippen LogP) is 4.01. The lowest BCUT2D eigenvalue weighted by atomic mass is 9.79. The minimum Gasteiger partial charge on any atom is -0.357 e. The number of nitrogens with one attached hydrogen (secondary N) is 2. The molecule has 5 nitrogen and oxygen atoms in total. The van der Waals surface area contributed by atoms with Gasteiger partial charge in [-0.25, -0.2) is 0 Å². The van der Waals surface area contributed by atoms with E-state index < -0.39 is 6.04 Å². The van der Waals surface area contributed by atoms with Gasteiger partial charge in [-0.15, -0.1) is 0 Å². The summed E-state index contributed by atoms with van der Waals surface area (Å²) in [7, 11) is 0. The number of H-pyrrole nitrogens is 1. The van der Waals surface area contributed by atoms with E-state index in [1.54, 1.807) is 0 Å². The second kappa shape index (κ2) is 8.35. The van der Waals surface area contributed by atoms with E-state index in [0.29, 0.717) is 19.5 Å². The Morgan fingerprint density at radius 3 is 2.07 bits per heavy atom. The summed E-state index contributed by atoms with van der Waals surface area (Å²) in [6.07, 6.45) is 0.486. The molecule has 5 heteroatoms. The van der Waals surface area contributed by atoms with Crippen LogP contribution in [0.15, 0.2) is 12.1 Å². The molecule has 0 aliphatic heterocycles. The molecule has 6 N–H and O–H groups in total. The van der Waals surface area contributed by atoms with Crippen molar-refractivity contribution in [3.63, 3.8) is 0 Å². The van der Waals surface area contributed by atoms with E-state index in [2.05, 4.69) is 84.7 Å².